The van der Waals surface area contributed by atoms with Gasteiger partial charge < -0.3 is 5.32 Å². The van der Waals surface area contributed by atoms with E-state index >= 15 is 0 Å². The molecule has 1 aromatic rings. The van der Waals surface area contributed by atoms with Crippen molar-refractivity contribution in [2.45, 2.75) is 24.3 Å². The molecular formula is C11H10ClF2NO. The van der Waals surface area contributed by atoms with Gasteiger partial charge in [0.2, 0.25) is 5.91 Å². The van der Waals surface area contributed by atoms with Gasteiger partial charge in [0.1, 0.15) is 17.0 Å². The Hall–Kier alpha value is -1.16. The van der Waals surface area contributed by atoms with Gasteiger partial charge in [-0.05, 0) is 18.9 Å². The van der Waals surface area contributed by atoms with E-state index in [1.54, 1.807) is 0 Å². The van der Waals surface area contributed by atoms with Gasteiger partial charge in [0.15, 0.2) is 0 Å². The zero-order valence-corrected chi connectivity index (χ0v) is 9.10. The van der Waals surface area contributed by atoms with Crippen LogP contribution >= 0.6 is 11.6 Å². The number of hydrogen-bond acceptors (Lipinski definition) is 1. The second-order valence-electron chi connectivity index (χ2n) is 3.81. The molecule has 0 spiro atoms. The number of alkyl halides is 1. The highest BCUT2D eigenvalue weighted by molar-refractivity contribution is 6.30. The van der Waals surface area contributed by atoms with E-state index in [0.717, 1.165) is 25.0 Å². The molecule has 16 heavy (non-hydrogen) atoms. The van der Waals surface area contributed by atoms with Gasteiger partial charge in [-0.3, -0.25) is 4.79 Å². The van der Waals surface area contributed by atoms with Crippen molar-refractivity contribution in [1.29, 1.82) is 0 Å². The Bertz CT molecular complexity index is 420. The third-order valence-electron chi connectivity index (χ3n) is 2.39. The number of hydrogen-bond donors (Lipinski definition) is 1. The van der Waals surface area contributed by atoms with Crippen LogP contribution in [0.3, 0.4) is 0 Å². The molecule has 2 rings (SSSR count). The Kier molecular flexibility index (Phi) is 3.10. The maximum atomic E-state index is 13.3. The number of carbonyl (C=O) groups excluding carboxylic acids is 1. The highest BCUT2D eigenvalue weighted by atomic mass is 35.5. The Balaban J connectivity index is 2.12. The molecule has 2 nitrogen and oxygen atoms in total. The fraction of sp³-hybridized carbons (Fsp3) is 0.364. The maximum Gasteiger partial charge on any atom is 0.242 e. The first-order valence-electron chi connectivity index (χ1n) is 4.97. The summed E-state index contributed by atoms with van der Waals surface area (Å²) in [6, 6.07) is 3.15. The number of nitrogens with one attached hydrogen (secondary N) is 1. The molecule has 0 saturated heterocycles. The molecule has 1 aliphatic carbocycles. The van der Waals surface area contributed by atoms with Crippen molar-refractivity contribution in [2.75, 3.05) is 0 Å². The Labute approximate surface area is 96.6 Å². The summed E-state index contributed by atoms with van der Waals surface area (Å²) in [5.41, 5.74) is 0.00113. The van der Waals surface area contributed by atoms with Crippen LogP contribution in [0, 0.1) is 11.6 Å². The quantitative estimate of drug-likeness (QED) is 0.815. The molecule has 5 heteroatoms. The summed E-state index contributed by atoms with van der Waals surface area (Å²) in [4.78, 5) is 11.5. The summed E-state index contributed by atoms with van der Waals surface area (Å²) in [5, 5.41) is 1.55. The van der Waals surface area contributed by atoms with Crippen molar-refractivity contribution in [3.63, 3.8) is 0 Å². The molecule has 0 bridgehead atoms. The summed E-state index contributed by atoms with van der Waals surface area (Å²) in [7, 11) is 0. The molecular weight excluding hydrogens is 236 g/mol. The Morgan fingerprint density at radius 2 is 2.12 bits per heavy atom. The van der Waals surface area contributed by atoms with Gasteiger partial charge in [0, 0.05) is 17.7 Å². The number of rotatable bonds is 3. The lowest BCUT2D eigenvalue weighted by atomic mass is 10.1. The van der Waals surface area contributed by atoms with Crippen LogP contribution in [0.15, 0.2) is 18.2 Å². The number of benzene rings is 1. The van der Waals surface area contributed by atoms with E-state index in [1.165, 1.54) is 6.07 Å². The van der Waals surface area contributed by atoms with Gasteiger partial charge in [-0.25, -0.2) is 8.78 Å². The Morgan fingerprint density at radius 1 is 1.44 bits per heavy atom. The minimum absolute atomic E-state index is 0.00113. The van der Waals surface area contributed by atoms with Crippen molar-refractivity contribution in [3.8, 4) is 0 Å². The van der Waals surface area contributed by atoms with Crippen LogP contribution in [0.25, 0.3) is 0 Å². The molecule has 1 saturated carbocycles. The van der Waals surface area contributed by atoms with E-state index in [1.807, 2.05) is 0 Å². The number of carbonyl (C=O) groups is 1. The minimum Gasteiger partial charge on any atom is -0.352 e. The molecule has 0 aromatic heterocycles. The molecule has 1 unspecified atom stereocenters. The van der Waals surface area contributed by atoms with Crippen molar-refractivity contribution in [1.82, 2.24) is 5.32 Å². The summed E-state index contributed by atoms with van der Waals surface area (Å²) >= 11 is 5.81. The molecule has 1 N–H and O–H groups in total. The third kappa shape index (κ3) is 2.50. The van der Waals surface area contributed by atoms with Gasteiger partial charge in [0.05, 0.1) is 0 Å². The van der Waals surface area contributed by atoms with Crippen molar-refractivity contribution in [2.24, 2.45) is 0 Å². The highest BCUT2D eigenvalue weighted by Crippen LogP contribution is 2.26. The maximum absolute atomic E-state index is 13.3. The van der Waals surface area contributed by atoms with Crippen molar-refractivity contribution >= 4 is 17.5 Å². The normalized spacial score (nSPS) is 16.9. The van der Waals surface area contributed by atoms with Crippen LogP contribution in [0.2, 0.25) is 0 Å². The van der Waals surface area contributed by atoms with E-state index < -0.39 is 22.9 Å². The van der Waals surface area contributed by atoms with E-state index in [9.17, 15) is 13.6 Å². The second-order valence-corrected chi connectivity index (χ2v) is 4.25. The molecule has 1 aromatic carbocycles. The molecule has 86 valence electrons. The lowest BCUT2D eigenvalue weighted by Crippen LogP contribution is -2.29. The molecule has 1 amide bonds. The average molecular weight is 246 g/mol. The molecule has 0 aliphatic heterocycles. The van der Waals surface area contributed by atoms with Crippen LogP contribution < -0.4 is 5.32 Å². The molecule has 1 fully saturated rings. The van der Waals surface area contributed by atoms with Gasteiger partial charge in [-0.1, -0.05) is 6.07 Å². The van der Waals surface area contributed by atoms with Crippen LogP contribution in [-0.4, -0.2) is 11.9 Å². The van der Waals surface area contributed by atoms with Gasteiger partial charge >= 0.3 is 0 Å². The van der Waals surface area contributed by atoms with E-state index in [2.05, 4.69) is 5.32 Å². The zero-order chi connectivity index (χ0) is 11.7. The summed E-state index contributed by atoms with van der Waals surface area (Å²) in [6.45, 7) is 0. The van der Waals surface area contributed by atoms with Crippen LogP contribution in [0.5, 0.6) is 0 Å². The van der Waals surface area contributed by atoms with Crippen molar-refractivity contribution < 1.29 is 13.6 Å². The van der Waals surface area contributed by atoms with Crippen LogP contribution in [-0.2, 0) is 4.79 Å². The van der Waals surface area contributed by atoms with E-state index in [0.29, 0.717) is 0 Å². The first-order valence-corrected chi connectivity index (χ1v) is 5.41. The second kappa shape index (κ2) is 4.37. The lowest BCUT2D eigenvalue weighted by molar-refractivity contribution is -0.121. The summed E-state index contributed by atoms with van der Waals surface area (Å²) < 4.78 is 26.0. The zero-order valence-electron chi connectivity index (χ0n) is 8.34. The molecule has 1 atom stereocenters. The topological polar surface area (TPSA) is 29.1 Å². The summed E-state index contributed by atoms with van der Waals surface area (Å²) in [6.07, 6.45) is 1.86. The van der Waals surface area contributed by atoms with Crippen LogP contribution in [0.4, 0.5) is 8.78 Å². The molecule has 0 radical (unpaired) electrons. The predicted molar refractivity (Wildman–Crippen MR) is 56.1 cm³/mol. The fourth-order valence-corrected chi connectivity index (χ4v) is 1.59. The lowest BCUT2D eigenvalue weighted by Gasteiger charge is -2.11. The van der Waals surface area contributed by atoms with Gasteiger partial charge in [-0.2, -0.15) is 0 Å². The predicted octanol–water partition coefficient (Wildman–Crippen LogP) is 2.52. The number of amides is 1. The monoisotopic (exact) mass is 245 g/mol. The summed E-state index contributed by atoms with van der Waals surface area (Å²) in [5.74, 6) is -1.92. The van der Waals surface area contributed by atoms with E-state index in [4.69, 9.17) is 11.6 Å². The smallest absolute Gasteiger partial charge is 0.242 e. The van der Waals surface area contributed by atoms with Crippen LogP contribution in [0.1, 0.15) is 23.8 Å². The average Bonchev–Trinajstić information content (AvgIpc) is 3.00. The Morgan fingerprint density at radius 3 is 2.69 bits per heavy atom. The first kappa shape index (κ1) is 11.3. The molecule has 1 aliphatic rings. The standard InChI is InChI=1S/C11H10ClF2NO/c12-10(11(16)15-7-2-3-7)8-4-1-6(13)5-9(8)14/h1,4-5,7,10H,2-3H2,(H,15,16). The van der Waals surface area contributed by atoms with Gasteiger partial charge in [0.25, 0.3) is 0 Å². The minimum atomic E-state index is -1.11. The van der Waals surface area contributed by atoms with Crippen molar-refractivity contribution in [3.05, 3.63) is 35.4 Å². The van der Waals surface area contributed by atoms with E-state index in [-0.39, 0.29) is 11.6 Å². The highest BCUT2D eigenvalue weighted by Gasteiger charge is 2.28. The SMILES string of the molecule is O=C(NC1CC1)C(Cl)c1ccc(F)cc1F. The van der Waals surface area contributed by atoms with Gasteiger partial charge in [-0.15, -0.1) is 11.6 Å². The number of halogens is 3. The third-order valence-corrected chi connectivity index (χ3v) is 2.82. The molecule has 0 heterocycles. The fourth-order valence-electron chi connectivity index (χ4n) is 1.35. The first-order chi connectivity index (χ1) is 7.58. The largest absolute Gasteiger partial charge is 0.352 e.